The Morgan fingerprint density at radius 2 is 0.661 bits per heavy atom. The Labute approximate surface area is 362 Å². The largest absolute Gasteiger partial charge is 0.311 e. The molecule has 9 aromatic carbocycles. The Morgan fingerprint density at radius 1 is 0.274 bits per heavy atom. The van der Waals surface area contributed by atoms with Crippen molar-refractivity contribution in [3.05, 3.63) is 249 Å². The predicted octanol–water partition coefficient (Wildman–Crippen LogP) is 16.0. The highest BCUT2D eigenvalue weighted by Crippen LogP contribution is 2.40. The molecule has 0 saturated carbocycles. The van der Waals surface area contributed by atoms with E-state index in [0.29, 0.717) is 0 Å². The van der Waals surface area contributed by atoms with Crippen molar-refractivity contribution in [2.45, 2.75) is 0 Å². The third kappa shape index (κ3) is 7.02. The van der Waals surface area contributed by atoms with Gasteiger partial charge in [0.2, 0.25) is 0 Å². The molecule has 0 unspecified atom stereocenters. The van der Waals surface area contributed by atoms with Gasteiger partial charge in [0.05, 0.1) is 22.4 Å². The van der Waals surface area contributed by atoms with E-state index in [4.69, 9.17) is 4.98 Å². The molecule has 2 heterocycles. The Balaban J connectivity index is 0.975. The molecule has 292 valence electrons. The molecule has 11 aromatic rings. The highest BCUT2D eigenvalue weighted by Gasteiger charge is 2.17. The Bertz CT molecular complexity index is 3230. The number of nitrogens with zero attached hydrogens (tertiary/aromatic N) is 3. The smallest absolute Gasteiger partial charge is 0.0715 e. The molecule has 0 aliphatic rings. The lowest BCUT2D eigenvalue weighted by Crippen LogP contribution is -2.09. The predicted molar refractivity (Wildman–Crippen MR) is 260 cm³/mol. The fraction of sp³-hybridized carbons (Fsp3) is 0. The first kappa shape index (κ1) is 36.8. The van der Waals surface area contributed by atoms with Crippen LogP contribution in [0.2, 0.25) is 0 Å². The van der Waals surface area contributed by atoms with E-state index in [1.54, 1.807) is 0 Å². The summed E-state index contributed by atoms with van der Waals surface area (Å²) in [7, 11) is 0. The monoisotopic (exact) mass is 791 g/mol. The van der Waals surface area contributed by atoms with Crippen LogP contribution in [-0.4, -0.2) is 9.55 Å². The van der Waals surface area contributed by atoms with Gasteiger partial charge in [-0.05, 0) is 112 Å². The average molecular weight is 792 g/mol. The van der Waals surface area contributed by atoms with Crippen LogP contribution in [0.1, 0.15) is 0 Å². The van der Waals surface area contributed by atoms with E-state index in [1.807, 2.05) is 6.07 Å². The second kappa shape index (κ2) is 16.1. The molecule has 0 aliphatic carbocycles. The summed E-state index contributed by atoms with van der Waals surface area (Å²) in [4.78, 5) is 7.54. The summed E-state index contributed by atoms with van der Waals surface area (Å²) in [6, 6.07) is 88.8. The third-order valence-electron chi connectivity index (χ3n) is 11.8. The molecular weight excluding hydrogens is 751 g/mol. The van der Waals surface area contributed by atoms with Crippen molar-refractivity contribution in [2.24, 2.45) is 0 Å². The maximum atomic E-state index is 5.20. The molecule has 62 heavy (non-hydrogen) atoms. The van der Waals surface area contributed by atoms with Crippen LogP contribution in [-0.2, 0) is 0 Å². The Kier molecular flexibility index (Phi) is 9.53. The van der Waals surface area contributed by atoms with Crippen molar-refractivity contribution in [3.63, 3.8) is 0 Å². The maximum Gasteiger partial charge on any atom is 0.0715 e. The zero-order chi connectivity index (χ0) is 41.2. The lowest BCUT2D eigenvalue weighted by atomic mass is 9.99. The molecule has 0 saturated heterocycles. The van der Waals surface area contributed by atoms with Crippen molar-refractivity contribution in [1.82, 2.24) is 9.55 Å². The molecule has 0 fully saturated rings. The number of para-hydroxylation sites is 2. The van der Waals surface area contributed by atoms with Gasteiger partial charge in [0.25, 0.3) is 0 Å². The second-order valence-electron chi connectivity index (χ2n) is 15.6. The summed E-state index contributed by atoms with van der Waals surface area (Å²) >= 11 is 0. The van der Waals surface area contributed by atoms with Gasteiger partial charge in [-0.25, -0.2) is 4.98 Å². The van der Waals surface area contributed by atoms with Crippen molar-refractivity contribution in [2.75, 3.05) is 4.90 Å². The molecule has 0 atom stereocenters. The minimum atomic E-state index is 0.934. The molecule has 0 N–H and O–H groups in total. The lowest BCUT2D eigenvalue weighted by molar-refractivity contribution is 1.18. The molecule has 0 bridgehead atoms. The molecule has 0 spiro atoms. The fourth-order valence-corrected chi connectivity index (χ4v) is 8.71. The zero-order valence-corrected chi connectivity index (χ0v) is 34.0. The van der Waals surface area contributed by atoms with Gasteiger partial charge >= 0.3 is 0 Å². The van der Waals surface area contributed by atoms with Crippen LogP contribution in [0.5, 0.6) is 0 Å². The van der Waals surface area contributed by atoms with E-state index >= 15 is 0 Å². The molecule has 3 heteroatoms. The van der Waals surface area contributed by atoms with Gasteiger partial charge in [0.15, 0.2) is 0 Å². The summed E-state index contributed by atoms with van der Waals surface area (Å²) in [5, 5.41) is 2.49. The van der Waals surface area contributed by atoms with Crippen LogP contribution in [0.3, 0.4) is 0 Å². The number of hydrogen-bond donors (Lipinski definition) is 0. The standard InChI is InChI=1S/C59H41N3/c1-5-15-42(16-6-1)44-25-32-51(33-26-44)61(53-36-29-47(30-37-53)57-41-49(43-17-7-2-8-18-43)40-56(60-57)46-19-9-3-10-20-46)52-34-27-45(28-35-52)48-31-38-59-55(39-48)54-23-13-14-24-58(54)62(59)50-21-11-4-12-22-50/h1-41H. The van der Waals surface area contributed by atoms with Gasteiger partial charge in [0.1, 0.15) is 0 Å². The number of benzene rings is 9. The molecule has 11 rings (SSSR count). The van der Waals surface area contributed by atoms with Gasteiger partial charge in [-0.3, -0.25) is 0 Å². The number of aromatic nitrogens is 2. The maximum absolute atomic E-state index is 5.20. The van der Waals surface area contributed by atoms with Crippen LogP contribution in [0.4, 0.5) is 17.1 Å². The Hall–Kier alpha value is -8.27. The lowest BCUT2D eigenvalue weighted by Gasteiger charge is -2.26. The van der Waals surface area contributed by atoms with Gasteiger partial charge in [-0.15, -0.1) is 0 Å². The van der Waals surface area contributed by atoms with Crippen molar-refractivity contribution in [1.29, 1.82) is 0 Å². The van der Waals surface area contributed by atoms with E-state index in [-0.39, 0.29) is 0 Å². The van der Waals surface area contributed by atoms with Crippen molar-refractivity contribution >= 4 is 38.9 Å². The fourth-order valence-electron chi connectivity index (χ4n) is 8.71. The molecular formula is C59H41N3. The number of anilines is 3. The third-order valence-corrected chi connectivity index (χ3v) is 11.8. The highest BCUT2D eigenvalue weighted by atomic mass is 15.1. The van der Waals surface area contributed by atoms with E-state index in [0.717, 1.165) is 56.4 Å². The second-order valence-corrected chi connectivity index (χ2v) is 15.6. The SMILES string of the molecule is c1ccc(-c2ccc(N(c3ccc(-c4ccc5c(c4)c4ccccc4n5-c4ccccc4)cc3)c3ccc(-c4cc(-c5ccccc5)cc(-c5ccccc5)n4)cc3)cc2)cc1. The topological polar surface area (TPSA) is 21.1 Å². The molecule has 0 amide bonds. The van der Waals surface area contributed by atoms with Crippen LogP contribution < -0.4 is 4.90 Å². The molecule has 2 aromatic heterocycles. The summed E-state index contributed by atoms with van der Waals surface area (Å²) in [5.74, 6) is 0. The van der Waals surface area contributed by atoms with Gasteiger partial charge in [0, 0.05) is 44.6 Å². The molecule has 3 nitrogen and oxygen atoms in total. The van der Waals surface area contributed by atoms with Crippen molar-refractivity contribution < 1.29 is 0 Å². The summed E-state index contributed by atoms with van der Waals surface area (Å²) in [6.45, 7) is 0. The van der Waals surface area contributed by atoms with E-state index < -0.39 is 0 Å². The van der Waals surface area contributed by atoms with Crippen LogP contribution in [0, 0.1) is 0 Å². The number of pyridine rings is 1. The van der Waals surface area contributed by atoms with Crippen molar-refractivity contribution in [3.8, 4) is 61.6 Å². The minimum Gasteiger partial charge on any atom is -0.311 e. The van der Waals surface area contributed by atoms with E-state index in [2.05, 4.69) is 252 Å². The number of fused-ring (bicyclic) bond motifs is 3. The van der Waals surface area contributed by atoms with Gasteiger partial charge in [-0.1, -0.05) is 170 Å². The van der Waals surface area contributed by atoms with Gasteiger partial charge in [-0.2, -0.15) is 0 Å². The summed E-state index contributed by atoms with van der Waals surface area (Å²) in [5.41, 5.74) is 17.9. The highest BCUT2D eigenvalue weighted by molar-refractivity contribution is 6.10. The van der Waals surface area contributed by atoms with Crippen LogP contribution in [0.15, 0.2) is 249 Å². The summed E-state index contributed by atoms with van der Waals surface area (Å²) in [6.07, 6.45) is 0. The van der Waals surface area contributed by atoms with E-state index in [9.17, 15) is 0 Å². The number of rotatable bonds is 9. The quantitative estimate of drug-likeness (QED) is 0.145. The Morgan fingerprint density at radius 3 is 1.23 bits per heavy atom. The zero-order valence-electron chi connectivity index (χ0n) is 34.0. The molecule has 0 radical (unpaired) electrons. The molecule has 0 aliphatic heterocycles. The normalized spacial score (nSPS) is 11.2. The first-order valence-corrected chi connectivity index (χ1v) is 21.1. The number of hydrogen-bond acceptors (Lipinski definition) is 2. The van der Waals surface area contributed by atoms with Gasteiger partial charge < -0.3 is 9.47 Å². The first-order chi connectivity index (χ1) is 30.7. The van der Waals surface area contributed by atoms with E-state index in [1.165, 1.54) is 44.1 Å². The summed E-state index contributed by atoms with van der Waals surface area (Å²) < 4.78 is 2.36. The minimum absolute atomic E-state index is 0.934. The average Bonchev–Trinajstić information content (AvgIpc) is 3.69. The van der Waals surface area contributed by atoms with Crippen LogP contribution >= 0.6 is 0 Å². The first-order valence-electron chi connectivity index (χ1n) is 21.1. The van der Waals surface area contributed by atoms with Crippen LogP contribution in [0.25, 0.3) is 83.4 Å².